The number of para-hydroxylation sites is 1. The fourth-order valence-electron chi connectivity index (χ4n) is 2.99. The molecule has 0 unspecified atom stereocenters. The van der Waals surface area contributed by atoms with E-state index in [1.165, 1.54) is 5.56 Å². The van der Waals surface area contributed by atoms with Gasteiger partial charge in [-0.1, -0.05) is 76.2 Å². The maximum atomic E-state index is 12.6. The summed E-state index contributed by atoms with van der Waals surface area (Å²) in [5.74, 6) is 0.851. The van der Waals surface area contributed by atoms with Crippen LogP contribution in [0.15, 0.2) is 59.6 Å². The van der Waals surface area contributed by atoms with Gasteiger partial charge < -0.3 is 5.32 Å². The number of amides is 1. The van der Waals surface area contributed by atoms with Gasteiger partial charge in [0.25, 0.3) is 0 Å². The predicted molar refractivity (Wildman–Crippen MR) is 105 cm³/mol. The number of amidine groups is 1. The summed E-state index contributed by atoms with van der Waals surface area (Å²) < 4.78 is 0. The highest BCUT2D eigenvalue weighted by atomic mass is 16.2. The minimum absolute atomic E-state index is 0.0836. The van der Waals surface area contributed by atoms with E-state index in [1.807, 2.05) is 76.2 Å². The van der Waals surface area contributed by atoms with Crippen LogP contribution in [-0.2, 0) is 16.6 Å². The normalized spacial score (nSPS) is 15.4. The first-order chi connectivity index (χ1) is 12.3. The summed E-state index contributed by atoms with van der Waals surface area (Å²) >= 11 is 0. The zero-order valence-corrected chi connectivity index (χ0v) is 15.7. The molecule has 1 amide bonds. The van der Waals surface area contributed by atoms with Crippen LogP contribution in [0, 0.1) is 0 Å². The monoisotopic (exact) mass is 336 g/mol. The van der Waals surface area contributed by atoms with Crippen molar-refractivity contribution in [2.75, 3.05) is 0 Å². The molecule has 1 saturated carbocycles. The molecule has 2 aromatic carbocycles. The molecule has 132 valence electrons. The van der Waals surface area contributed by atoms with Crippen LogP contribution in [0.3, 0.4) is 0 Å². The van der Waals surface area contributed by atoms with Gasteiger partial charge in [-0.2, -0.15) is 0 Å². The Morgan fingerprint density at radius 1 is 0.920 bits per heavy atom. The number of carbonyl (C=O) groups excluding carboxylic acids is 1. The summed E-state index contributed by atoms with van der Waals surface area (Å²) in [6, 6.07) is 18.1. The smallest absolute Gasteiger partial charge is 0.235 e. The Kier molecular flexibility index (Phi) is 6.51. The van der Waals surface area contributed by atoms with Crippen molar-refractivity contribution in [2.45, 2.75) is 52.4 Å². The third kappa shape index (κ3) is 3.98. The SMILES string of the molecule is CC.CC.O=C(NC1=Nc2ccccc2C1)C1(c2ccccc2)CC1. The van der Waals surface area contributed by atoms with Crippen LogP contribution in [0.25, 0.3) is 0 Å². The third-order valence-electron chi connectivity index (χ3n) is 4.37. The highest BCUT2D eigenvalue weighted by Crippen LogP contribution is 2.48. The van der Waals surface area contributed by atoms with Crippen molar-refractivity contribution in [1.29, 1.82) is 0 Å². The topological polar surface area (TPSA) is 41.5 Å². The van der Waals surface area contributed by atoms with Crippen LogP contribution in [0.1, 0.15) is 51.7 Å². The summed E-state index contributed by atoms with van der Waals surface area (Å²) in [5.41, 5.74) is 2.92. The summed E-state index contributed by atoms with van der Waals surface area (Å²) in [6.45, 7) is 8.00. The molecule has 3 nitrogen and oxygen atoms in total. The average molecular weight is 336 g/mol. The molecule has 1 aliphatic heterocycles. The highest BCUT2D eigenvalue weighted by Gasteiger charge is 2.51. The number of fused-ring (bicyclic) bond motifs is 1. The second-order valence-corrected chi connectivity index (χ2v) is 5.77. The molecule has 1 N–H and O–H groups in total. The molecule has 1 fully saturated rings. The second kappa shape index (κ2) is 8.61. The van der Waals surface area contributed by atoms with E-state index in [1.54, 1.807) is 0 Å². The lowest BCUT2D eigenvalue weighted by atomic mass is 9.95. The standard InChI is InChI=1S/C18H16N2O.2C2H6/c21-17(18(10-11-18)14-7-2-1-3-8-14)20-16-12-13-6-4-5-9-15(13)19-16;2*1-2/h1-9H,10-12H2,(H,19,20,21);2*1-2H3. The molecule has 0 radical (unpaired) electrons. The second-order valence-electron chi connectivity index (χ2n) is 5.77. The molecular weight excluding hydrogens is 308 g/mol. The zero-order chi connectivity index (χ0) is 18.3. The molecule has 3 heteroatoms. The Morgan fingerprint density at radius 2 is 1.52 bits per heavy atom. The molecule has 0 spiro atoms. The highest BCUT2D eigenvalue weighted by molar-refractivity contribution is 6.07. The van der Waals surface area contributed by atoms with E-state index in [2.05, 4.69) is 16.4 Å². The van der Waals surface area contributed by atoms with Gasteiger partial charge in [-0.05, 0) is 30.0 Å². The molecule has 25 heavy (non-hydrogen) atoms. The molecule has 2 aromatic rings. The maximum absolute atomic E-state index is 12.6. The Labute approximate surface area is 151 Å². The lowest BCUT2D eigenvalue weighted by Crippen LogP contribution is -2.38. The number of carbonyl (C=O) groups is 1. The summed E-state index contributed by atoms with van der Waals surface area (Å²) in [7, 11) is 0. The van der Waals surface area contributed by atoms with Gasteiger partial charge in [0.05, 0.1) is 11.1 Å². The first kappa shape index (κ1) is 18.9. The first-order valence-electron chi connectivity index (χ1n) is 9.30. The molecule has 1 aliphatic carbocycles. The van der Waals surface area contributed by atoms with Gasteiger partial charge in [0.15, 0.2) is 0 Å². The molecule has 0 bridgehead atoms. The number of benzene rings is 2. The van der Waals surface area contributed by atoms with Crippen LogP contribution in [0.4, 0.5) is 5.69 Å². The van der Waals surface area contributed by atoms with E-state index < -0.39 is 0 Å². The average Bonchev–Trinajstić information content (AvgIpc) is 3.40. The zero-order valence-electron chi connectivity index (χ0n) is 15.7. The molecule has 0 aromatic heterocycles. The maximum Gasteiger partial charge on any atom is 0.235 e. The van der Waals surface area contributed by atoms with E-state index in [9.17, 15) is 4.79 Å². The van der Waals surface area contributed by atoms with Crippen molar-refractivity contribution in [3.05, 3.63) is 65.7 Å². The molecule has 1 heterocycles. The number of nitrogens with one attached hydrogen (secondary N) is 1. The van der Waals surface area contributed by atoms with Crippen LogP contribution in [0.2, 0.25) is 0 Å². The molecule has 2 aliphatic rings. The predicted octanol–water partition coefficient (Wildman–Crippen LogP) is 5.17. The van der Waals surface area contributed by atoms with Crippen molar-refractivity contribution >= 4 is 17.4 Å². The number of nitrogens with zero attached hydrogens (tertiary/aromatic N) is 1. The van der Waals surface area contributed by atoms with Gasteiger partial charge in [0.2, 0.25) is 5.91 Å². The molecule has 0 saturated heterocycles. The van der Waals surface area contributed by atoms with Gasteiger partial charge in [0.1, 0.15) is 5.84 Å². The van der Waals surface area contributed by atoms with Gasteiger partial charge in [-0.3, -0.25) is 4.79 Å². The number of hydrogen-bond acceptors (Lipinski definition) is 2. The third-order valence-corrected chi connectivity index (χ3v) is 4.37. The van der Waals surface area contributed by atoms with Crippen molar-refractivity contribution < 1.29 is 4.79 Å². The minimum atomic E-state index is -0.335. The van der Waals surface area contributed by atoms with Gasteiger partial charge in [-0.15, -0.1) is 0 Å². The lowest BCUT2D eigenvalue weighted by molar-refractivity contribution is -0.122. The molecular formula is C22H28N2O. The summed E-state index contributed by atoms with van der Waals surface area (Å²) in [5, 5.41) is 3.04. The first-order valence-corrected chi connectivity index (χ1v) is 9.30. The largest absolute Gasteiger partial charge is 0.313 e. The number of hydrogen-bond donors (Lipinski definition) is 1. The Balaban J connectivity index is 0.000000528. The van der Waals surface area contributed by atoms with Gasteiger partial charge in [0, 0.05) is 6.42 Å². The van der Waals surface area contributed by atoms with E-state index in [-0.39, 0.29) is 11.3 Å². The van der Waals surface area contributed by atoms with Crippen LogP contribution < -0.4 is 5.32 Å². The van der Waals surface area contributed by atoms with Crippen LogP contribution >= 0.6 is 0 Å². The van der Waals surface area contributed by atoms with Crippen molar-refractivity contribution in [1.82, 2.24) is 5.32 Å². The Hall–Kier alpha value is -2.42. The Morgan fingerprint density at radius 3 is 2.12 bits per heavy atom. The van der Waals surface area contributed by atoms with Gasteiger partial charge in [-0.25, -0.2) is 4.99 Å². The van der Waals surface area contributed by atoms with Crippen molar-refractivity contribution in [3.63, 3.8) is 0 Å². The van der Waals surface area contributed by atoms with Crippen molar-refractivity contribution in [3.8, 4) is 0 Å². The quantitative estimate of drug-likeness (QED) is 0.807. The summed E-state index contributed by atoms with van der Waals surface area (Å²) in [6.07, 6.45) is 2.55. The van der Waals surface area contributed by atoms with Gasteiger partial charge >= 0.3 is 0 Å². The molecule has 0 atom stereocenters. The fourth-order valence-corrected chi connectivity index (χ4v) is 2.99. The van der Waals surface area contributed by atoms with E-state index >= 15 is 0 Å². The van der Waals surface area contributed by atoms with Crippen LogP contribution in [-0.4, -0.2) is 11.7 Å². The number of aliphatic imine (C=N–C) groups is 1. The van der Waals surface area contributed by atoms with E-state index in [0.29, 0.717) is 6.42 Å². The summed E-state index contributed by atoms with van der Waals surface area (Å²) in [4.78, 5) is 17.2. The molecule has 4 rings (SSSR count). The Bertz CT molecular complexity index is 731. The number of rotatable bonds is 2. The fraction of sp³-hybridized carbons (Fsp3) is 0.364. The van der Waals surface area contributed by atoms with E-state index in [0.717, 1.165) is 29.9 Å². The van der Waals surface area contributed by atoms with Crippen LogP contribution in [0.5, 0.6) is 0 Å². The lowest BCUT2D eigenvalue weighted by Gasteiger charge is -2.15. The van der Waals surface area contributed by atoms with E-state index in [4.69, 9.17) is 0 Å². The van der Waals surface area contributed by atoms with Crippen molar-refractivity contribution in [2.24, 2.45) is 4.99 Å². The minimum Gasteiger partial charge on any atom is -0.313 e.